The number of nitrogens with zero attached hydrogens (tertiary/aromatic N) is 2. The van der Waals surface area contributed by atoms with Crippen LogP contribution in [0.15, 0.2) is 48.5 Å². The number of ether oxygens (including phenoxy) is 1. The van der Waals surface area contributed by atoms with Crippen LogP contribution in [0.5, 0.6) is 5.75 Å². The Kier molecular flexibility index (Phi) is 6.81. The molecule has 172 valence electrons. The molecule has 0 saturated carbocycles. The van der Waals surface area contributed by atoms with E-state index >= 15 is 0 Å². The van der Waals surface area contributed by atoms with Crippen molar-refractivity contribution in [2.75, 3.05) is 24.5 Å². The first kappa shape index (κ1) is 23.2. The van der Waals surface area contributed by atoms with Gasteiger partial charge in [-0.2, -0.15) is 0 Å². The van der Waals surface area contributed by atoms with Gasteiger partial charge in [0.15, 0.2) is 0 Å². The van der Waals surface area contributed by atoms with Crippen molar-refractivity contribution in [3.8, 4) is 5.75 Å². The number of hydrogen-bond acceptors (Lipinski definition) is 3. The summed E-state index contributed by atoms with van der Waals surface area (Å²) < 4.78 is 38.3. The molecular weight excluding hydrogens is 427 g/mol. The highest BCUT2D eigenvalue weighted by molar-refractivity contribution is 5.98. The fourth-order valence-corrected chi connectivity index (χ4v) is 3.82. The number of fused-ring (bicyclic) bond motifs is 1. The number of likely N-dealkylation sites (tertiary alicyclic amines) is 1. The topological polar surface area (TPSA) is 93.9 Å². The van der Waals surface area contributed by atoms with E-state index in [9.17, 15) is 22.8 Å². The number of alkyl halides is 3. The first-order valence-electron chi connectivity index (χ1n) is 10.0. The van der Waals surface area contributed by atoms with E-state index in [2.05, 4.69) is 11.7 Å². The van der Waals surface area contributed by atoms with E-state index in [0.717, 1.165) is 24.2 Å². The zero-order valence-corrected chi connectivity index (χ0v) is 17.3. The molecule has 2 aromatic carbocycles. The van der Waals surface area contributed by atoms with Crippen LogP contribution in [-0.4, -0.2) is 48.0 Å². The van der Waals surface area contributed by atoms with Crippen LogP contribution in [0.3, 0.4) is 0 Å². The summed E-state index contributed by atoms with van der Waals surface area (Å²) in [6, 6.07) is 12.7. The van der Waals surface area contributed by atoms with Crippen LogP contribution >= 0.6 is 0 Å². The maximum absolute atomic E-state index is 12.4. The monoisotopic (exact) mass is 450 g/mol. The summed E-state index contributed by atoms with van der Waals surface area (Å²) in [5.41, 5.74) is 9.30. The lowest BCUT2D eigenvalue weighted by molar-refractivity contribution is -0.274. The molecule has 0 radical (unpaired) electrons. The Morgan fingerprint density at radius 1 is 1.09 bits per heavy atom. The predicted octanol–water partition coefficient (Wildman–Crippen LogP) is 5.09. The van der Waals surface area contributed by atoms with Crippen molar-refractivity contribution in [1.29, 1.82) is 0 Å². The van der Waals surface area contributed by atoms with Crippen molar-refractivity contribution in [3.63, 3.8) is 0 Å². The minimum absolute atomic E-state index is 0.0583. The number of halogens is 3. The second-order valence-corrected chi connectivity index (χ2v) is 7.60. The van der Waals surface area contributed by atoms with Gasteiger partial charge in [-0.25, -0.2) is 4.79 Å². The molecule has 2 aliphatic rings. The third-order valence-electron chi connectivity index (χ3n) is 5.46. The third-order valence-corrected chi connectivity index (χ3v) is 5.46. The Hall–Kier alpha value is -3.43. The molecule has 7 nitrogen and oxygen atoms in total. The van der Waals surface area contributed by atoms with Gasteiger partial charge >= 0.3 is 12.5 Å². The van der Waals surface area contributed by atoms with E-state index in [0.29, 0.717) is 19.6 Å². The van der Waals surface area contributed by atoms with Crippen molar-refractivity contribution in [1.82, 2.24) is 4.90 Å². The molecule has 4 rings (SSSR count). The number of aryl methyl sites for hydroxylation is 1. The molecule has 2 heterocycles. The van der Waals surface area contributed by atoms with E-state index in [1.807, 2.05) is 24.3 Å². The van der Waals surface area contributed by atoms with E-state index in [1.54, 1.807) is 4.90 Å². The van der Waals surface area contributed by atoms with E-state index in [4.69, 9.17) is 10.8 Å². The standard InChI is InChI=1S/C15H18N2O3.C7H5F3NO/c1-2-10-3-5-12(6-4-10)17-8-11-7-16(15(19)20)9-13(11)14(17)18;8-7(9,10)12-6-3-1-5(11)2-4-6/h3-6,11,13H,2,7-9H2,1H3,(H,19,20);1-4,11H/q;-1/t11-,13-;/m1./s1. The first-order valence-corrected chi connectivity index (χ1v) is 10.0. The lowest BCUT2D eigenvalue weighted by Gasteiger charge is -2.20. The molecule has 2 N–H and O–H groups in total. The Labute approximate surface area is 183 Å². The van der Waals surface area contributed by atoms with Gasteiger partial charge in [-0.3, -0.25) is 4.79 Å². The maximum Gasteiger partial charge on any atom is 0.573 e. The SMILES string of the molecule is CCc1ccc(N2C[C@H]3CN(C(=O)O)C[C@H]3C2=O)cc1.[NH-]c1ccc(OC(F)(F)F)cc1. The summed E-state index contributed by atoms with van der Waals surface area (Å²) in [6.07, 6.45) is -4.61. The molecule has 0 aliphatic carbocycles. The molecule has 2 aliphatic heterocycles. The number of hydrogen-bond donors (Lipinski definition) is 1. The Morgan fingerprint density at radius 3 is 2.22 bits per heavy atom. The van der Waals surface area contributed by atoms with Crippen LogP contribution in [0, 0.1) is 11.8 Å². The van der Waals surface area contributed by atoms with Gasteiger partial charge in [-0.1, -0.05) is 31.2 Å². The lowest BCUT2D eigenvalue weighted by Crippen LogP contribution is -2.34. The first-order chi connectivity index (χ1) is 15.1. The van der Waals surface area contributed by atoms with Gasteiger partial charge < -0.3 is 25.4 Å². The van der Waals surface area contributed by atoms with Gasteiger partial charge in [0.25, 0.3) is 0 Å². The number of rotatable bonds is 3. The molecular formula is C22H23F3N3O4-. The average Bonchev–Trinajstić information content (AvgIpc) is 3.29. The van der Waals surface area contributed by atoms with Gasteiger partial charge in [0.05, 0.1) is 5.92 Å². The zero-order chi connectivity index (χ0) is 23.5. The molecule has 10 heteroatoms. The van der Waals surface area contributed by atoms with Crippen molar-refractivity contribution < 1.29 is 32.6 Å². The van der Waals surface area contributed by atoms with Crippen LogP contribution in [0.2, 0.25) is 0 Å². The smallest absolute Gasteiger partial charge is 0.573 e. The molecule has 0 unspecified atom stereocenters. The summed E-state index contributed by atoms with van der Waals surface area (Å²) in [5, 5.41) is 9.00. The lowest BCUT2D eigenvalue weighted by atomic mass is 10.0. The maximum atomic E-state index is 12.4. The summed E-state index contributed by atoms with van der Waals surface area (Å²) >= 11 is 0. The van der Waals surface area contributed by atoms with Gasteiger partial charge in [0.2, 0.25) is 5.91 Å². The van der Waals surface area contributed by atoms with Crippen LogP contribution in [0.1, 0.15) is 12.5 Å². The normalized spacial score (nSPS) is 19.9. The predicted molar refractivity (Wildman–Crippen MR) is 112 cm³/mol. The molecule has 2 amide bonds. The quantitative estimate of drug-likeness (QED) is 0.705. The van der Waals surface area contributed by atoms with E-state index < -0.39 is 12.5 Å². The minimum atomic E-state index is -4.66. The number of benzene rings is 2. The van der Waals surface area contributed by atoms with Crippen molar-refractivity contribution in [3.05, 3.63) is 59.8 Å². The largest absolute Gasteiger partial charge is 0.699 e. The molecule has 0 bridgehead atoms. The highest BCUT2D eigenvalue weighted by Gasteiger charge is 2.47. The molecule has 2 atom stereocenters. The Morgan fingerprint density at radius 2 is 1.72 bits per heavy atom. The van der Waals surface area contributed by atoms with Crippen molar-refractivity contribution in [2.45, 2.75) is 19.7 Å². The van der Waals surface area contributed by atoms with E-state index in [-0.39, 0.29) is 29.2 Å². The molecule has 0 spiro atoms. The van der Waals surface area contributed by atoms with E-state index in [1.165, 1.54) is 22.6 Å². The van der Waals surface area contributed by atoms with Crippen LogP contribution < -0.4 is 9.64 Å². The van der Waals surface area contributed by atoms with Crippen LogP contribution in [-0.2, 0) is 11.2 Å². The van der Waals surface area contributed by atoms with Gasteiger partial charge in [-0.15, -0.1) is 18.9 Å². The number of carbonyl (C=O) groups excluding carboxylic acids is 1. The van der Waals surface area contributed by atoms with Crippen LogP contribution in [0.4, 0.5) is 29.3 Å². The Balaban J connectivity index is 0.000000207. The van der Waals surface area contributed by atoms with Crippen molar-refractivity contribution in [2.24, 2.45) is 11.8 Å². The van der Waals surface area contributed by atoms with Crippen LogP contribution in [0.25, 0.3) is 5.73 Å². The fraction of sp³-hybridized carbons (Fsp3) is 0.364. The highest BCUT2D eigenvalue weighted by atomic mass is 19.4. The van der Waals surface area contributed by atoms with Gasteiger partial charge in [0.1, 0.15) is 5.75 Å². The number of nitrogens with one attached hydrogen (secondary N) is 1. The molecule has 2 saturated heterocycles. The molecule has 32 heavy (non-hydrogen) atoms. The number of anilines is 1. The van der Waals surface area contributed by atoms with Gasteiger partial charge in [0, 0.05) is 31.2 Å². The third kappa shape index (κ3) is 5.63. The summed E-state index contributed by atoms with van der Waals surface area (Å²) in [7, 11) is 0. The molecule has 2 aromatic rings. The average molecular weight is 450 g/mol. The van der Waals surface area contributed by atoms with Crippen molar-refractivity contribution >= 4 is 23.4 Å². The number of carbonyl (C=O) groups is 2. The summed E-state index contributed by atoms with van der Waals surface area (Å²) in [4.78, 5) is 26.5. The number of carboxylic acid groups (broad SMARTS) is 1. The summed E-state index contributed by atoms with van der Waals surface area (Å²) in [6.45, 7) is 3.53. The Bertz CT molecular complexity index is 948. The fourth-order valence-electron chi connectivity index (χ4n) is 3.82. The van der Waals surface area contributed by atoms with Gasteiger partial charge in [-0.05, 0) is 36.2 Å². The molecule has 2 fully saturated rings. The zero-order valence-electron chi connectivity index (χ0n) is 17.3. The second kappa shape index (κ2) is 9.37. The second-order valence-electron chi connectivity index (χ2n) is 7.60. The number of amides is 2. The highest BCUT2D eigenvalue weighted by Crippen LogP contribution is 2.35. The molecule has 0 aromatic heterocycles. The summed E-state index contributed by atoms with van der Waals surface area (Å²) in [5.74, 6) is -0.289. The minimum Gasteiger partial charge on any atom is -0.699 e.